The summed E-state index contributed by atoms with van der Waals surface area (Å²) < 4.78 is 51.3. The number of benzene rings is 1. The molecule has 1 atom stereocenters. The highest BCUT2D eigenvalue weighted by molar-refractivity contribution is 5.53. The lowest BCUT2D eigenvalue weighted by atomic mass is 10.1. The summed E-state index contributed by atoms with van der Waals surface area (Å²) in [5.41, 5.74) is 3.79. The Kier molecular flexibility index (Phi) is 4.57. The minimum Gasteiger partial charge on any atom is -0.438 e. The molecule has 144 valence electrons. The number of rotatable bonds is 5. The van der Waals surface area contributed by atoms with Crippen molar-refractivity contribution < 1.29 is 31.9 Å². The second-order valence-corrected chi connectivity index (χ2v) is 5.54. The Labute approximate surface area is 155 Å². The summed E-state index contributed by atoms with van der Waals surface area (Å²) in [6.45, 7) is 0. The van der Waals surface area contributed by atoms with E-state index in [4.69, 9.17) is 14.0 Å². The molecule has 11 heteroatoms. The number of aromatic nitrogens is 3. The molecule has 1 aliphatic heterocycles. The quantitative estimate of drug-likeness (QED) is 0.705. The summed E-state index contributed by atoms with van der Waals surface area (Å²) in [6.07, 6.45) is 0.561. The molecule has 0 aliphatic carbocycles. The standard InChI is InChI=1S/C17H11F3N4O4/c18-17(19,20)27-12-3-1-10(2-4-12)14-6-15(24-28-14)26-13-5-11(7-21-8-13)16-23-22-9-25-16/h1-9,14,24H/t14-/m1/s1. The van der Waals surface area contributed by atoms with Crippen LogP contribution in [0.15, 0.2) is 65.5 Å². The van der Waals surface area contributed by atoms with Gasteiger partial charge >= 0.3 is 6.36 Å². The molecule has 1 aromatic carbocycles. The zero-order valence-corrected chi connectivity index (χ0v) is 13.9. The molecule has 0 amide bonds. The van der Waals surface area contributed by atoms with Crippen LogP contribution in [-0.4, -0.2) is 21.5 Å². The number of nitrogens with zero attached hydrogens (tertiary/aromatic N) is 3. The van der Waals surface area contributed by atoms with Gasteiger partial charge in [-0.25, -0.2) is 5.48 Å². The van der Waals surface area contributed by atoms with Gasteiger partial charge in [0.25, 0.3) is 0 Å². The first-order valence-corrected chi connectivity index (χ1v) is 7.85. The summed E-state index contributed by atoms with van der Waals surface area (Å²) in [4.78, 5) is 9.42. The minimum absolute atomic E-state index is 0.293. The van der Waals surface area contributed by atoms with Gasteiger partial charge in [-0.1, -0.05) is 12.1 Å². The van der Waals surface area contributed by atoms with Gasteiger partial charge in [-0.15, -0.1) is 23.4 Å². The van der Waals surface area contributed by atoms with E-state index in [0.717, 1.165) is 0 Å². The van der Waals surface area contributed by atoms with Gasteiger partial charge in [-0.3, -0.25) is 9.82 Å². The number of hydrogen-bond acceptors (Lipinski definition) is 8. The van der Waals surface area contributed by atoms with Crippen molar-refractivity contribution in [1.29, 1.82) is 0 Å². The monoisotopic (exact) mass is 392 g/mol. The van der Waals surface area contributed by atoms with Gasteiger partial charge < -0.3 is 13.9 Å². The number of hydrogen-bond donors (Lipinski definition) is 1. The summed E-state index contributed by atoms with van der Waals surface area (Å²) >= 11 is 0. The van der Waals surface area contributed by atoms with E-state index in [0.29, 0.717) is 28.7 Å². The highest BCUT2D eigenvalue weighted by Crippen LogP contribution is 2.29. The summed E-state index contributed by atoms with van der Waals surface area (Å²) in [5.74, 6) is 0.672. The Hall–Kier alpha value is -3.60. The van der Waals surface area contributed by atoms with Crippen LogP contribution in [0.3, 0.4) is 0 Å². The second-order valence-electron chi connectivity index (χ2n) is 5.54. The Morgan fingerprint density at radius 1 is 1.07 bits per heavy atom. The molecule has 0 bridgehead atoms. The van der Waals surface area contributed by atoms with Crippen LogP contribution < -0.4 is 15.0 Å². The number of nitrogens with one attached hydrogen (secondary N) is 1. The van der Waals surface area contributed by atoms with Gasteiger partial charge in [0.1, 0.15) is 17.6 Å². The zero-order valence-electron chi connectivity index (χ0n) is 13.9. The molecule has 4 rings (SSSR count). The Balaban J connectivity index is 1.44. The van der Waals surface area contributed by atoms with E-state index in [1.165, 1.54) is 36.9 Å². The summed E-state index contributed by atoms with van der Waals surface area (Å²) in [7, 11) is 0. The maximum Gasteiger partial charge on any atom is 0.573 e. The molecule has 1 aliphatic rings. The molecule has 0 saturated heterocycles. The normalized spacial score (nSPS) is 16.4. The molecule has 0 fully saturated rings. The fraction of sp³-hybridized carbons (Fsp3) is 0.118. The molecule has 8 nitrogen and oxygen atoms in total. The molecular weight excluding hydrogens is 381 g/mol. The molecule has 0 unspecified atom stereocenters. The van der Waals surface area contributed by atoms with Gasteiger partial charge in [0.15, 0.2) is 0 Å². The van der Waals surface area contributed by atoms with Gasteiger partial charge in [0.05, 0.1) is 11.8 Å². The van der Waals surface area contributed by atoms with Gasteiger partial charge in [-0.05, 0) is 23.8 Å². The van der Waals surface area contributed by atoms with Crippen molar-refractivity contribution in [2.75, 3.05) is 0 Å². The van der Waals surface area contributed by atoms with Crippen molar-refractivity contribution in [3.63, 3.8) is 0 Å². The van der Waals surface area contributed by atoms with Gasteiger partial charge in [0.2, 0.25) is 18.2 Å². The van der Waals surface area contributed by atoms with Crippen LogP contribution in [0.2, 0.25) is 0 Å². The van der Waals surface area contributed by atoms with Crippen LogP contribution in [0.4, 0.5) is 13.2 Å². The van der Waals surface area contributed by atoms with E-state index in [2.05, 4.69) is 25.4 Å². The van der Waals surface area contributed by atoms with E-state index in [-0.39, 0.29) is 5.75 Å². The maximum absolute atomic E-state index is 12.2. The van der Waals surface area contributed by atoms with Crippen LogP contribution in [0.25, 0.3) is 11.5 Å². The minimum atomic E-state index is -4.74. The van der Waals surface area contributed by atoms with Crippen molar-refractivity contribution >= 4 is 0 Å². The van der Waals surface area contributed by atoms with Crippen LogP contribution in [0.5, 0.6) is 11.5 Å². The first-order valence-electron chi connectivity index (χ1n) is 7.85. The predicted molar refractivity (Wildman–Crippen MR) is 86.3 cm³/mol. The lowest BCUT2D eigenvalue weighted by Crippen LogP contribution is -2.17. The molecule has 3 aromatic rings. The summed E-state index contributed by atoms with van der Waals surface area (Å²) in [5, 5.41) is 7.39. The van der Waals surface area contributed by atoms with Crippen molar-refractivity contribution in [3.05, 3.63) is 66.6 Å². The lowest BCUT2D eigenvalue weighted by molar-refractivity contribution is -0.274. The third-order valence-electron chi connectivity index (χ3n) is 3.58. The average molecular weight is 392 g/mol. The fourth-order valence-corrected chi connectivity index (χ4v) is 2.42. The van der Waals surface area contributed by atoms with Crippen LogP contribution in [0.1, 0.15) is 11.7 Å². The molecule has 28 heavy (non-hydrogen) atoms. The smallest absolute Gasteiger partial charge is 0.438 e. The SMILES string of the molecule is FC(F)(F)Oc1ccc([C@H]2C=C(Oc3cncc(-c4nnco4)c3)NO2)cc1. The third kappa shape index (κ3) is 4.20. The number of pyridine rings is 1. The molecule has 0 radical (unpaired) electrons. The van der Waals surface area contributed by atoms with Gasteiger partial charge in [0, 0.05) is 12.3 Å². The van der Waals surface area contributed by atoms with Crippen LogP contribution in [-0.2, 0) is 4.84 Å². The van der Waals surface area contributed by atoms with E-state index in [1.807, 2.05) is 0 Å². The predicted octanol–water partition coefficient (Wildman–Crippen LogP) is 3.53. The van der Waals surface area contributed by atoms with Crippen molar-refractivity contribution in [2.45, 2.75) is 12.5 Å². The fourth-order valence-electron chi connectivity index (χ4n) is 2.42. The van der Waals surface area contributed by atoms with Crippen LogP contribution >= 0.6 is 0 Å². The first-order chi connectivity index (χ1) is 13.5. The Morgan fingerprint density at radius 3 is 2.61 bits per heavy atom. The van der Waals surface area contributed by atoms with E-state index < -0.39 is 12.5 Å². The Morgan fingerprint density at radius 2 is 1.89 bits per heavy atom. The molecule has 3 heterocycles. The number of hydroxylamine groups is 1. The highest BCUT2D eigenvalue weighted by Gasteiger charge is 2.31. The number of halogens is 3. The van der Waals surface area contributed by atoms with Crippen molar-refractivity contribution in [2.24, 2.45) is 0 Å². The van der Waals surface area contributed by atoms with Crippen LogP contribution in [0, 0.1) is 0 Å². The number of alkyl halides is 3. The van der Waals surface area contributed by atoms with E-state index >= 15 is 0 Å². The molecular formula is C17H11F3N4O4. The van der Waals surface area contributed by atoms with Crippen molar-refractivity contribution in [3.8, 4) is 23.0 Å². The topological polar surface area (TPSA) is 91.5 Å². The second kappa shape index (κ2) is 7.19. The largest absolute Gasteiger partial charge is 0.573 e. The molecule has 1 N–H and O–H groups in total. The number of ether oxygens (including phenoxy) is 2. The summed E-state index contributed by atoms with van der Waals surface area (Å²) in [6, 6.07) is 6.99. The molecule has 0 saturated carbocycles. The first kappa shape index (κ1) is 17.8. The van der Waals surface area contributed by atoms with Gasteiger partial charge in [-0.2, -0.15) is 0 Å². The molecule has 0 spiro atoms. The third-order valence-corrected chi connectivity index (χ3v) is 3.58. The van der Waals surface area contributed by atoms with E-state index in [9.17, 15) is 13.2 Å². The average Bonchev–Trinajstić information content (AvgIpc) is 3.33. The zero-order chi connectivity index (χ0) is 19.6. The maximum atomic E-state index is 12.2. The lowest BCUT2D eigenvalue weighted by Gasteiger charge is -2.11. The van der Waals surface area contributed by atoms with E-state index in [1.54, 1.807) is 18.3 Å². The molecule has 2 aromatic heterocycles. The van der Waals surface area contributed by atoms with Crippen molar-refractivity contribution in [1.82, 2.24) is 20.7 Å². The Bertz CT molecular complexity index is 975. The highest BCUT2D eigenvalue weighted by atomic mass is 19.4.